The summed E-state index contributed by atoms with van der Waals surface area (Å²) in [6.07, 6.45) is 16.0. The van der Waals surface area contributed by atoms with E-state index >= 15 is 0 Å². The van der Waals surface area contributed by atoms with E-state index in [0.29, 0.717) is 13.0 Å². The van der Waals surface area contributed by atoms with Crippen LogP contribution in [0.2, 0.25) is 0 Å². The highest BCUT2D eigenvalue weighted by Crippen LogP contribution is 2.12. The molecule has 0 saturated carbocycles. The van der Waals surface area contributed by atoms with Crippen molar-refractivity contribution in [2.75, 3.05) is 34.3 Å². The van der Waals surface area contributed by atoms with E-state index in [9.17, 15) is 4.79 Å². The Hall–Kier alpha value is 0.160. The lowest BCUT2D eigenvalue weighted by Crippen LogP contribution is -3.00. The van der Waals surface area contributed by atoms with Gasteiger partial charge in [-0.25, -0.2) is 0 Å². The van der Waals surface area contributed by atoms with Crippen LogP contribution in [0.25, 0.3) is 0 Å². The van der Waals surface area contributed by atoms with Crippen molar-refractivity contribution < 1.29 is 38.0 Å². The maximum Gasteiger partial charge on any atom is 0.305 e. The molecule has 0 N–H and O–H groups in total. The van der Waals surface area contributed by atoms with Crippen molar-refractivity contribution in [3.8, 4) is 0 Å². The molecule has 0 aromatic heterocycles. The Labute approximate surface area is 168 Å². The highest BCUT2D eigenvalue weighted by Gasteiger charge is 2.07. The summed E-state index contributed by atoms with van der Waals surface area (Å²) in [6, 6.07) is 0. The zero-order valence-electron chi connectivity index (χ0n) is 16.7. The second-order valence-corrected chi connectivity index (χ2v) is 7.87. The maximum atomic E-state index is 11.6. The number of quaternary nitrogens is 1. The van der Waals surface area contributed by atoms with Gasteiger partial charge in [0.25, 0.3) is 0 Å². The van der Waals surface area contributed by atoms with Crippen molar-refractivity contribution in [3.63, 3.8) is 0 Å². The van der Waals surface area contributed by atoms with Gasteiger partial charge < -0.3 is 33.2 Å². The number of rotatable bonds is 16. The molecule has 3 nitrogen and oxygen atoms in total. The van der Waals surface area contributed by atoms with Gasteiger partial charge in [0.15, 0.2) is 0 Å². The molecule has 146 valence electrons. The van der Waals surface area contributed by atoms with Gasteiger partial charge in [-0.05, 0) is 6.42 Å². The fourth-order valence-corrected chi connectivity index (χ4v) is 2.73. The number of unbranched alkanes of at least 4 members (excludes halogenated alkanes) is 10. The highest BCUT2D eigenvalue weighted by atomic mass is 127. The SMILES string of the molecule is CCCCCCCCCCCCCC(=O)OCCC[N+](C)(C)C.[I-]. The van der Waals surface area contributed by atoms with Gasteiger partial charge in [0, 0.05) is 12.8 Å². The van der Waals surface area contributed by atoms with Crippen LogP contribution in [0, 0.1) is 0 Å². The van der Waals surface area contributed by atoms with Crippen molar-refractivity contribution in [3.05, 3.63) is 0 Å². The molecule has 0 heterocycles. The number of carbonyl (C=O) groups is 1. The van der Waals surface area contributed by atoms with Crippen LogP contribution in [-0.2, 0) is 9.53 Å². The molecule has 4 heteroatoms. The summed E-state index contributed by atoms with van der Waals surface area (Å²) in [4.78, 5) is 11.6. The highest BCUT2D eigenvalue weighted by molar-refractivity contribution is 5.69. The summed E-state index contributed by atoms with van der Waals surface area (Å²) < 4.78 is 6.21. The Bertz CT molecular complexity index is 277. The number of esters is 1. The summed E-state index contributed by atoms with van der Waals surface area (Å²) in [5.41, 5.74) is 0. The Morgan fingerprint density at radius 2 is 1.21 bits per heavy atom. The van der Waals surface area contributed by atoms with Gasteiger partial charge in [-0.1, -0.05) is 71.1 Å². The molecular weight excluding hydrogens is 413 g/mol. The normalized spacial score (nSPS) is 11.2. The minimum Gasteiger partial charge on any atom is -1.00 e. The first-order valence-electron chi connectivity index (χ1n) is 9.92. The molecule has 0 spiro atoms. The van der Waals surface area contributed by atoms with E-state index in [1.807, 2.05) is 0 Å². The topological polar surface area (TPSA) is 26.3 Å². The van der Waals surface area contributed by atoms with Crippen LogP contribution in [0.4, 0.5) is 0 Å². The zero-order chi connectivity index (χ0) is 17.4. The van der Waals surface area contributed by atoms with Gasteiger partial charge in [-0.3, -0.25) is 4.79 Å². The average Bonchev–Trinajstić information content (AvgIpc) is 2.48. The van der Waals surface area contributed by atoms with Crippen molar-refractivity contribution in [2.45, 2.75) is 90.4 Å². The van der Waals surface area contributed by atoms with Crippen molar-refractivity contribution in [2.24, 2.45) is 0 Å². The predicted octanol–water partition coefficient (Wildman–Crippen LogP) is 2.33. The molecule has 0 saturated heterocycles. The smallest absolute Gasteiger partial charge is 0.305 e. The van der Waals surface area contributed by atoms with E-state index in [0.717, 1.165) is 23.9 Å². The minimum absolute atomic E-state index is 0. The first-order chi connectivity index (χ1) is 11.0. The van der Waals surface area contributed by atoms with Crippen LogP contribution in [0.1, 0.15) is 90.4 Å². The lowest BCUT2D eigenvalue weighted by atomic mass is 10.1. The lowest BCUT2D eigenvalue weighted by molar-refractivity contribution is -0.870. The molecule has 0 amide bonds. The van der Waals surface area contributed by atoms with Gasteiger partial charge in [0.05, 0.1) is 34.3 Å². The van der Waals surface area contributed by atoms with Gasteiger partial charge in [0.1, 0.15) is 0 Å². The second kappa shape index (κ2) is 18.0. The molecule has 0 aliphatic rings. The van der Waals surface area contributed by atoms with Crippen LogP contribution in [0.5, 0.6) is 0 Å². The predicted molar refractivity (Wildman–Crippen MR) is 99.6 cm³/mol. The third-order valence-electron chi connectivity index (χ3n) is 4.22. The quantitative estimate of drug-likeness (QED) is 0.155. The number of nitrogens with zero attached hydrogens (tertiary/aromatic N) is 1. The van der Waals surface area contributed by atoms with E-state index in [1.165, 1.54) is 64.2 Å². The zero-order valence-corrected chi connectivity index (χ0v) is 18.9. The average molecular weight is 455 g/mol. The van der Waals surface area contributed by atoms with E-state index in [-0.39, 0.29) is 29.9 Å². The molecule has 0 aliphatic carbocycles. The van der Waals surface area contributed by atoms with Crippen LogP contribution >= 0.6 is 0 Å². The molecule has 0 radical (unpaired) electrons. The fraction of sp³-hybridized carbons (Fsp3) is 0.950. The van der Waals surface area contributed by atoms with E-state index in [4.69, 9.17) is 4.74 Å². The first-order valence-corrected chi connectivity index (χ1v) is 9.92. The van der Waals surface area contributed by atoms with Crippen LogP contribution in [0.3, 0.4) is 0 Å². The first kappa shape index (κ1) is 26.4. The monoisotopic (exact) mass is 455 g/mol. The number of carbonyl (C=O) groups excluding carboxylic acids is 1. The van der Waals surface area contributed by atoms with Crippen molar-refractivity contribution >= 4 is 5.97 Å². The number of hydrogen-bond donors (Lipinski definition) is 0. The largest absolute Gasteiger partial charge is 1.00 e. The molecule has 0 rings (SSSR count). The maximum absolute atomic E-state index is 11.6. The summed E-state index contributed by atoms with van der Waals surface area (Å²) >= 11 is 0. The van der Waals surface area contributed by atoms with Gasteiger partial charge in [-0.2, -0.15) is 0 Å². The van der Waals surface area contributed by atoms with Crippen LogP contribution < -0.4 is 24.0 Å². The van der Waals surface area contributed by atoms with E-state index in [2.05, 4.69) is 28.1 Å². The molecule has 0 unspecified atom stereocenters. The number of ether oxygens (including phenoxy) is 1. The molecule has 24 heavy (non-hydrogen) atoms. The standard InChI is InChI=1S/C20H42NO2.HI/c1-5-6-7-8-9-10-11-12-13-14-15-17-20(22)23-19-16-18-21(2,3)4;/h5-19H2,1-4H3;1H/q+1;/p-1. The van der Waals surface area contributed by atoms with Crippen molar-refractivity contribution in [1.29, 1.82) is 0 Å². The number of hydrogen-bond acceptors (Lipinski definition) is 2. The summed E-state index contributed by atoms with van der Waals surface area (Å²) in [6.45, 7) is 3.89. The third kappa shape index (κ3) is 22.2. The van der Waals surface area contributed by atoms with Gasteiger partial charge in [0.2, 0.25) is 0 Å². The van der Waals surface area contributed by atoms with Crippen LogP contribution in [-0.4, -0.2) is 44.7 Å². The van der Waals surface area contributed by atoms with Crippen LogP contribution in [0.15, 0.2) is 0 Å². The molecule has 0 aromatic rings. The van der Waals surface area contributed by atoms with Gasteiger partial charge in [-0.15, -0.1) is 0 Å². The lowest BCUT2D eigenvalue weighted by Gasteiger charge is -2.23. The molecule has 0 aromatic carbocycles. The Morgan fingerprint density at radius 3 is 1.67 bits per heavy atom. The summed E-state index contributed by atoms with van der Waals surface area (Å²) in [5.74, 6) is -0.0117. The molecule has 0 bridgehead atoms. The molecular formula is C20H42INO2. The summed E-state index contributed by atoms with van der Waals surface area (Å²) in [7, 11) is 6.48. The molecule has 0 aliphatic heterocycles. The number of halogens is 1. The van der Waals surface area contributed by atoms with E-state index < -0.39 is 0 Å². The Morgan fingerprint density at radius 1 is 0.750 bits per heavy atom. The Balaban J connectivity index is 0. The molecule has 0 atom stereocenters. The fourth-order valence-electron chi connectivity index (χ4n) is 2.73. The third-order valence-corrected chi connectivity index (χ3v) is 4.22. The second-order valence-electron chi connectivity index (χ2n) is 7.87. The van der Waals surface area contributed by atoms with Crippen molar-refractivity contribution in [1.82, 2.24) is 0 Å². The summed E-state index contributed by atoms with van der Waals surface area (Å²) in [5, 5.41) is 0. The minimum atomic E-state index is -0.0117. The Kier molecular flexibility index (Phi) is 19.8. The van der Waals surface area contributed by atoms with E-state index in [1.54, 1.807) is 0 Å². The van der Waals surface area contributed by atoms with Gasteiger partial charge >= 0.3 is 5.97 Å². The molecule has 0 fully saturated rings.